The lowest BCUT2D eigenvalue weighted by Crippen LogP contribution is -2.24. The minimum absolute atomic E-state index is 0.134. The fourth-order valence-electron chi connectivity index (χ4n) is 3.58. The number of aromatic amines is 1. The second kappa shape index (κ2) is 6.89. The first-order valence-electron chi connectivity index (χ1n) is 8.59. The molecule has 1 aliphatic heterocycles. The minimum Gasteiger partial charge on any atom is -0.363 e. The van der Waals surface area contributed by atoms with E-state index in [0.29, 0.717) is 5.92 Å². The number of nitrogens with one attached hydrogen (secondary N) is 1. The smallest absolute Gasteiger partial charge is 0.187 e. The first-order valence-corrected chi connectivity index (χ1v) is 8.59. The normalized spacial score (nSPS) is 18.2. The summed E-state index contributed by atoms with van der Waals surface area (Å²) in [5.41, 5.74) is 4.68. The van der Waals surface area contributed by atoms with E-state index in [-0.39, 0.29) is 11.2 Å². The van der Waals surface area contributed by atoms with E-state index >= 15 is 0 Å². The molecule has 1 aliphatic rings. The highest BCUT2D eigenvalue weighted by molar-refractivity contribution is 5.25. The second-order valence-corrected chi connectivity index (χ2v) is 7.08. The largest absolute Gasteiger partial charge is 0.363 e. The van der Waals surface area contributed by atoms with E-state index in [2.05, 4.69) is 9.88 Å². The molecule has 1 unspecified atom stereocenters. The molecule has 1 aromatic carbocycles. The maximum absolute atomic E-state index is 13.4. The Morgan fingerprint density at radius 2 is 2.04 bits per heavy atom. The highest BCUT2D eigenvalue weighted by atomic mass is 19.1. The number of aromatic nitrogens is 1. The van der Waals surface area contributed by atoms with Gasteiger partial charge in [-0.3, -0.25) is 9.69 Å². The predicted molar refractivity (Wildman–Crippen MR) is 94.8 cm³/mol. The topological polar surface area (TPSA) is 36.1 Å². The van der Waals surface area contributed by atoms with Crippen molar-refractivity contribution in [1.29, 1.82) is 0 Å². The summed E-state index contributed by atoms with van der Waals surface area (Å²) in [5.74, 6) is 0.456. The highest BCUT2D eigenvalue weighted by Gasteiger charge is 2.23. The number of rotatable bonds is 4. The third-order valence-electron chi connectivity index (χ3n) is 5.11. The second-order valence-electron chi connectivity index (χ2n) is 7.08. The van der Waals surface area contributed by atoms with Crippen LogP contribution in [-0.2, 0) is 13.0 Å². The van der Waals surface area contributed by atoms with Crippen LogP contribution in [0.2, 0.25) is 0 Å². The Hall–Kier alpha value is -1.94. The molecule has 2 aromatic rings. The Bertz CT molecular complexity index is 797. The first kappa shape index (κ1) is 16.9. The maximum atomic E-state index is 13.4. The van der Waals surface area contributed by atoms with Gasteiger partial charge in [-0.1, -0.05) is 12.1 Å². The van der Waals surface area contributed by atoms with E-state index in [9.17, 15) is 9.18 Å². The molecule has 1 N–H and O–H groups in total. The third-order valence-corrected chi connectivity index (χ3v) is 5.11. The van der Waals surface area contributed by atoms with E-state index in [1.165, 1.54) is 5.56 Å². The Morgan fingerprint density at radius 1 is 1.25 bits per heavy atom. The van der Waals surface area contributed by atoms with Crippen LogP contribution in [-0.4, -0.2) is 23.0 Å². The van der Waals surface area contributed by atoms with Crippen molar-refractivity contribution in [2.24, 2.45) is 5.92 Å². The van der Waals surface area contributed by atoms with Crippen molar-refractivity contribution in [3.8, 4) is 0 Å². The molecule has 3 rings (SSSR count). The van der Waals surface area contributed by atoms with Gasteiger partial charge in [0.1, 0.15) is 5.82 Å². The van der Waals surface area contributed by atoms with Gasteiger partial charge < -0.3 is 4.98 Å². The van der Waals surface area contributed by atoms with Crippen molar-refractivity contribution in [1.82, 2.24) is 9.88 Å². The standard InChI is InChI=1S/C20H25FN2O/c1-13-8-16(4-5-18(13)21)9-17-6-7-23(11-17)12-19-15(3)20(24)14(2)10-22-19/h4-5,8,10,17H,6-7,9,11-12H2,1-3H3,(H,22,24). The van der Waals surface area contributed by atoms with Crippen LogP contribution in [0.3, 0.4) is 0 Å². The summed E-state index contributed by atoms with van der Waals surface area (Å²) in [5, 5.41) is 0. The van der Waals surface area contributed by atoms with Crippen molar-refractivity contribution in [2.75, 3.05) is 13.1 Å². The summed E-state index contributed by atoms with van der Waals surface area (Å²) < 4.78 is 13.4. The molecule has 2 heterocycles. The maximum Gasteiger partial charge on any atom is 0.187 e. The quantitative estimate of drug-likeness (QED) is 0.932. The monoisotopic (exact) mass is 328 g/mol. The highest BCUT2D eigenvalue weighted by Crippen LogP contribution is 2.23. The number of hydrogen-bond acceptors (Lipinski definition) is 2. The van der Waals surface area contributed by atoms with Crippen LogP contribution in [0.25, 0.3) is 0 Å². The van der Waals surface area contributed by atoms with Crippen LogP contribution in [0, 0.1) is 32.5 Å². The van der Waals surface area contributed by atoms with Crippen LogP contribution in [0.15, 0.2) is 29.2 Å². The average Bonchev–Trinajstić information content (AvgIpc) is 2.99. The summed E-state index contributed by atoms with van der Waals surface area (Å²) >= 11 is 0. The van der Waals surface area contributed by atoms with E-state index in [1.807, 2.05) is 32.9 Å². The van der Waals surface area contributed by atoms with E-state index in [0.717, 1.165) is 54.9 Å². The van der Waals surface area contributed by atoms with Gasteiger partial charge in [0.15, 0.2) is 5.43 Å². The van der Waals surface area contributed by atoms with Crippen LogP contribution in [0.4, 0.5) is 4.39 Å². The van der Waals surface area contributed by atoms with Crippen molar-refractivity contribution >= 4 is 0 Å². The lowest BCUT2D eigenvalue weighted by molar-refractivity contribution is 0.311. The molecule has 1 atom stereocenters. The number of H-pyrrole nitrogens is 1. The molecule has 4 heteroatoms. The third kappa shape index (κ3) is 3.59. The Balaban J connectivity index is 1.62. The zero-order chi connectivity index (χ0) is 17.3. The van der Waals surface area contributed by atoms with Gasteiger partial charge in [0.05, 0.1) is 0 Å². The van der Waals surface area contributed by atoms with Crippen LogP contribution in [0.1, 0.15) is 34.4 Å². The fraction of sp³-hybridized carbons (Fsp3) is 0.450. The number of benzene rings is 1. The first-order chi connectivity index (χ1) is 11.4. The molecule has 24 heavy (non-hydrogen) atoms. The number of pyridine rings is 1. The molecular weight excluding hydrogens is 303 g/mol. The van der Waals surface area contributed by atoms with E-state index in [4.69, 9.17) is 0 Å². The van der Waals surface area contributed by atoms with Gasteiger partial charge in [-0.2, -0.15) is 0 Å². The van der Waals surface area contributed by atoms with Gasteiger partial charge in [-0.15, -0.1) is 0 Å². The number of halogens is 1. The molecule has 1 aromatic heterocycles. The van der Waals surface area contributed by atoms with Crippen molar-refractivity contribution < 1.29 is 4.39 Å². The zero-order valence-corrected chi connectivity index (χ0v) is 14.7. The Labute approximate surface area is 142 Å². The van der Waals surface area contributed by atoms with Gasteiger partial charge in [0.2, 0.25) is 0 Å². The van der Waals surface area contributed by atoms with Crippen LogP contribution < -0.4 is 5.43 Å². The Kier molecular flexibility index (Phi) is 4.86. The molecular formula is C20H25FN2O. The van der Waals surface area contributed by atoms with Gasteiger partial charge in [-0.05, 0) is 63.3 Å². The predicted octanol–water partition coefficient (Wildman–Crippen LogP) is 3.50. The molecule has 1 fully saturated rings. The summed E-state index contributed by atoms with van der Waals surface area (Å²) in [4.78, 5) is 17.7. The molecule has 3 nitrogen and oxygen atoms in total. The minimum atomic E-state index is -0.134. The molecule has 0 aliphatic carbocycles. The molecule has 0 saturated carbocycles. The van der Waals surface area contributed by atoms with Gasteiger partial charge in [0.25, 0.3) is 0 Å². The zero-order valence-electron chi connectivity index (χ0n) is 14.7. The SMILES string of the molecule is Cc1cc(CC2CCN(Cc3[nH]cc(C)c(=O)c3C)C2)ccc1F. The molecule has 0 amide bonds. The molecule has 0 spiro atoms. The summed E-state index contributed by atoms with van der Waals surface area (Å²) in [6, 6.07) is 5.42. The average molecular weight is 328 g/mol. The molecule has 0 bridgehead atoms. The number of likely N-dealkylation sites (tertiary alicyclic amines) is 1. The lowest BCUT2D eigenvalue weighted by atomic mass is 9.97. The molecule has 0 radical (unpaired) electrons. The Morgan fingerprint density at radius 3 is 2.79 bits per heavy atom. The number of hydrogen-bond donors (Lipinski definition) is 1. The van der Waals surface area contributed by atoms with Crippen LogP contribution in [0.5, 0.6) is 0 Å². The van der Waals surface area contributed by atoms with Gasteiger partial charge in [0, 0.05) is 36.1 Å². The summed E-state index contributed by atoms with van der Waals surface area (Å²) in [6.07, 6.45) is 3.94. The van der Waals surface area contributed by atoms with Gasteiger partial charge >= 0.3 is 0 Å². The van der Waals surface area contributed by atoms with E-state index in [1.54, 1.807) is 12.3 Å². The molecule has 1 saturated heterocycles. The molecule has 128 valence electrons. The van der Waals surface area contributed by atoms with Crippen LogP contribution >= 0.6 is 0 Å². The summed E-state index contributed by atoms with van der Waals surface area (Å²) in [6.45, 7) is 8.41. The number of nitrogens with zero attached hydrogens (tertiary/aromatic N) is 1. The lowest BCUT2D eigenvalue weighted by Gasteiger charge is -2.17. The van der Waals surface area contributed by atoms with Crippen molar-refractivity contribution in [3.63, 3.8) is 0 Å². The van der Waals surface area contributed by atoms with E-state index < -0.39 is 0 Å². The summed E-state index contributed by atoms with van der Waals surface area (Å²) in [7, 11) is 0. The number of aryl methyl sites for hydroxylation is 2. The fourth-order valence-corrected chi connectivity index (χ4v) is 3.58. The van der Waals surface area contributed by atoms with Gasteiger partial charge in [-0.25, -0.2) is 4.39 Å². The van der Waals surface area contributed by atoms with Crippen molar-refractivity contribution in [3.05, 3.63) is 68.4 Å². The van der Waals surface area contributed by atoms with Crippen molar-refractivity contribution in [2.45, 2.75) is 40.2 Å².